The van der Waals surface area contributed by atoms with Crippen LogP contribution in [0, 0.1) is 0 Å². The molecular formula is C8H3Cl3O2. The van der Waals surface area contributed by atoms with E-state index < -0.39 is 0 Å². The van der Waals surface area contributed by atoms with E-state index >= 15 is 0 Å². The van der Waals surface area contributed by atoms with Gasteiger partial charge in [0, 0.05) is 5.02 Å². The van der Waals surface area contributed by atoms with Crippen molar-refractivity contribution < 1.29 is 9.53 Å². The van der Waals surface area contributed by atoms with Crippen LogP contribution in [0.2, 0.25) is 15.1 Å². The van der Waals surface area contributed by atoms with Crippen molar-refractivity contribution >= 4 is 40.7 Å². The van der Waals surface area contributed by atoms with Crippen molar-refractivity contribution in [2.75, 3.05) is 0 Å². The first-order valence-electron chi connectivity index (χ1n) is 3.15. The summed E-state index contributed by atoms with van der Waals surface area (Å²) in [5.41, 5.74) is 0. The summed E-state index contributed by atoms with van der Waals surface area (Å²) in [6.07, 6.45) is 0.820. The average molecular weight is 237 g/mol. The van der Waals surface area contributed by atoms with Crippen molar-refractivity contribution in [1.82, 2.24) is 0 Å². The van der Waals surface area contributed by atoms with Crippen LogP contribution >= 0.6 is 34.8 Å². The highest BCUT2D eigenvalue weighted by atomic mass is 35.5. The molecule has 1 aromatic rings. The molecule has 0 saturated carbocycles. The fourth-order valence-corrected chi connectivity index (χ4v) is 1.63. The molecule has 0 atom stereocenters. The molecule has 13 heavy (non-hydrogen) atoms. The lowest BCUT2D eigenvalue weighted by molar-refractivity contribution is 0.477. The summed E-state index contributed by atoms with van der Waals surface area (Å²) in [5, 5.41) is 0.880. The maximum Gasteiger partial charge on any atom is 0.174 e. The molecule has 0 spiro atoms. The van der Waals surface area contributed by atoms with Gasteiger partial charge in [0.15, 0.2) is 18.0 Å². The summed E-state index contributed by atoms with van der Waals surface area (Å²) >= 11 is 17.1. The minimum Gasteiger partial charge on any atom is -0.450 e. The minimum atomic E-state index is 0.191. The highest BCUT2D eigenvalue weighted by Crippen LogP contribution is 2.35. The molecule has 0 heterocycles. The SMILES string of the molecule is O=C=COc1c(Cl)cc(Cl)cc1Cl. The van der Waals surface area contributed by atoms with Gasteiger partial charge in [0.2, 0.25) is 0 Å². The lowest BCUT2D eigenvalue weighted by atomic mass is 10.3. The Balaban J connectivity index is 3.12. The zero-order chi connectivity index (χ0) is 9.84. The third kappa shape index (κ3) is 2.64. The summed E-state index contributed by atoms with van der Waals surface area (Å²) in [7, 11) is 0. The van der Waals surface area contributed by atoms with Gasteiger partial charge in [-0.05, 0) is 12.1 Å². The number of carbonyl (C=O) groups excluding carboxylic acids is 1. The quantitative estimate of drug-likeness (QED) is 0.582. The Labute approximate surface area is 89.7 Å². The maximum absolute atomic E-state index is 9.85. The van der Waals surface area contributed by atoms with Gasteiger partial charge >= 0.3 is 0 Å². The molecule has 5 heteroatoms. The van der Waals surface area contributed by atoms with Crippen LogP contribution in [0.4, 0.5) is 0 Å². The number of benzene rings is 1. The Morgan fingerprint density at radius 2 is 1.77 bits per heavy atom. The molecule has 0 aliphatic carbocycles. The summed E-state index contributed by atoms with van der Waals surface area (Å²) in [4.78, 5) is 9.85. The van der Waals surface area contributed by atoms with E-state index in [2.05, 4.69) is 0 Å². The van der Waals surface area contributed by atoms with Gasteiger partial charge < -0.3 is 4.74 Å². The highest BCUT2D eigenvalue weighted by Gasteiger charge is 2.07. The van der Waals surface area contributed by atoms with E-state index in [9.17, 15) is 4.79 Å². The van der Waals surface area contributed by atoms with E-state index in [1.165, 1.54) is 18.1 Å². The Hall–Kier alpha value is -0.660. The van der Waals surface area contributed by atoms with Crippen molar-refractivity contribution in [2.24, 2.45) is 0 Å². The van der Waals surface area contributed by atoms with E-state index in [4.69, 9.17) is 39.5 Å². The Morgan fingerprint density at radius 1 is 1.23 bits per heavy atom. The lowest BCUT2D eigenvalue weighted by Gasteiger charge is -2.04. The van der Waals surface area contributed by atoms with Gasteiger partial charge in [0.1, 0.15) is 0 Å². The van der Waals surface area contributed by atoms with Crippen LogP contribution in [0.3, 0.4) is 0 Å². The predicted molar refractivity (Wildman–Crippen MR) is 52.4 cm³/mol. The average Bonchev–Trinajstić information content (AvgIpc) is 2.02. The second-order valence-electron chi connectivity index (χ2n) is 2.05. The van der Waals surface area contributed by atoms with Crippen LogP contribution in [-0.4, -0.2) is 5.94 Å². The van der Waals surface area contributed by atoms with Gasteiger partial charge in [-0.2, -0.15) is 0 Å². The van der Waals surface area contributed by atoms with Crippen molar-refractivity contribution in [3.8, 4) is 5.75 Å². The van der Waals surface area contributed by atoms with Crippen LogP contribution in [0.25, 0.3) is 0 Å². The maximum atomic E-state index is 9.85. The molecule has 0 N–H and O–H groups in total. The van der Waals surface area contributed by atoms with E-state index in [1.54, 1.807) is 0 Å². The molecule has 0 fully saturated rings. The third-order valence-corrected chi connectivity index (χ3v) is 1.97. The minimum absolute atomic E-state index is 0.191. The Kier molecular flexibility index (Phi) is 3.64. The van der Waals surface area contributed by atoms with Gasteiger partial charge in [-0.3, -0.25) is 0 Å². The normalized spacial score (nSPS) is 9.15. The van der Waals surface area contributed by atoms with Gasteiger partial charge in [-0.1, -0.05) is 34.8 Å². The van der Waals surface area contributed by atoms with E-state index in [-0.39, 0.29) is 15.8 Å². The largest absolute Gasteiger partial charge is 0.450 e. The number of ether oxygens (including phenoxy) is 1. The van der Waals surface area contributed by atoms with Crippen LogP contribution in [-0.2, 0) is 4.79 Å². The van der Waals surface area contributed by atoms with Crippen molar-refractivity contribution in [1.29, 1.82) is 0 Å². The van der Waals surface area contributed by atoms with Gasteiger partial charge in [-0.25, -0.2) is 4.79 Å². The van der Waals surface area contributed by atoms with Crippen LogP contribution in [0.1, 0.15) is 0 Å². The molecule has 0 aliphatic rings. The zero-order valence-electron chi connectivity index (χ0n) is 6.18. The first-order chi connectivity index (χ1) is 6.15. The van der Waals surface area contributed by atoms with E-state index in [1.807, 2.05) is 0 Å². The second kappa shape index (κ2) is 4.54. The van der Waals surface area contributed by atoms with Crippen molar-refractivity contribution in [3.05, 3.63) is 33.5 Å². The van der Waals surface area contributed by atoms with Crippen LogP contribution in [0.5, 0.6) is 5.75 Å². The zero-order valence-corrected chi connectivity index (χ0v) is 8.45. The van der Waals surface area contributed by atoms with Gasteiger partial charge in [0.25, 0.3) is 0 Å². The van der Waals surface area contributed by atoms with Crippen molar-refractivity contribution in [2.45, 2.75) is 0 Å². The van der Waals surface area contributed by atoms with Crippen molar-refractivity contribution in [3.63, 3.8) is 0 Å². The molecule has 2 nitrogen and oxygen atoms in total. The smallest absolute Gasteiger partial charge is 0.174 e. The van der Waals surface area contributed by atoms with E-state index in [0.717, 1.165) is 6.26 Å². The lowest BCUT2D eigenvalue weighted by Crippen LogP contribution is -1.85. The Morgan fingerprint density at radius 3 is 2.23 bits per heavy atom. The topological polar surface area (TPSA) is 26.3 Å². The summed E-state index contributed by atoms with van der Waals surface area (Å²) in [5.74, 6) is 1.63. The first kappa shape index (κ1) is 10.4. The van der Waals surface area contributed by atoms with E-state index in [0.29, 0.717) is 5.02 Å². The number of hydrogen-bond donors (Lipinski definition) is 0. The summed E-state index contributed by atoms with van der Waals surface area (Å²) in [6.45, 7) is 0. The second-order valence-corrected chi connectivity index (χ2v) is 3.30. The first-order valence-corrected chi connectivity index (χ1v) is 4.29. The summed E-state index contributed by atoms with van der Waals surface area (Å²) < 4.78 is 4.80. The molecular weight excluding hydrogens is 234 g/mol. The fraction of sp³-hybridized carbons (Fsp3) is 0. The molecule has 1 aromatic carbocycles. The molecule has 0 radical (unpaired) electrons. The molecule has 0 bridgehead atoms. The Bertz CT molecular complexity index is 347. The monoisotopic (exact) mass is 236 g/mol. The van der Waals surface area contributed by atoms with Gasteiger partial charge in [0.05, 0.1) is 10.0 Å². The summed E-state index contributed by atoms with van der Waals surface area (Å²) in [6, 6.07) is 2.92. The van der Waals surface area contributed by atoms with Crippen LogP contribution in [0.15, 0.2) is 18.4 Å². The van der Waals surface area contributed by atoms with Crippen LogP contribution < -0.4 is 4.74 Å². The molecule has 0 saturated heterocycles. The fourth-order valence-electron chi connectivity index (χ4n) is 0.725. The number of rotatable bonds is 2. The molecule has 1 rings (SSSR count). The van der Waals surface area contributed by atoms with Gasteiger partial charge in [-0.15, -0.1) is 0 Å². The number of hydrogen-bond acceptors (Lipinski definition) is 2. The molecule has 0 aliphatic heterocycles. The molecule has 0 unspecified atom stereocenters. The molecule has 0 amide bonds. The highest BCUT2D eigenvalue weighted by molar-refractivity contribution is 6.40. The molecule has 68 valence electrons. The third-order valence-electron chi connectivity index (χ3n) is 1.19. The molecule has 0 aromatic heterocycles. The standard InChI is InChI=1S/C8H3Cl3O2/c9-5-3-6(10)8(7(11)4-5)13-2-1-12/h2-4H. The number of halogens is 3. The predicted octanol–water partition coefficient (Wildman–Crippen LogP) is 3.37.